The van der Waals surface area contributed by atoms with Gasteiger partial charge in [-0.3, -0.25) is 9.59 Å². The van der Waals surface area contributed by atoms with E-state index in [-0.39, 0.29) is 17.3 Å². The molecule has 0 saturated heterocycles. The molecule has 0 fully saturated rings. The van der Waals surface area contributed by atoms with Crippen LogP contribution in [0.3, 0.4) is 0 Å². The van der Waals surface area contributed by atoms with Gasteiger partial charge in [0.1, 0.15) is 0 Å². The lowest BCUT2D eigenvalue weighted by molar-refractivity contribution is -0.137. The van der Waals surface area contributed by atoms with Crippen molar-refractivity contribution in [3.63, 3.8) is 0 Å². The van der Waals surface area contributed by atoms with Gasteiger partial charge in [-0.15, -0.1) is 11.8 Å². The number of hydrogen-bond acceptors (Lipinski definition) is 3. The molecule has 5 aromatic rings. The fourth-order valence-electron chi connectivity index (χ4n) is 4.40. The minimum absolute atomic E-state index is 0.0566. The van der Waals surface area contributed by atoms with Gasteiger partial charge in [0.25, 0.3) is 5.91 Å². The molecule has 39 heavy (non-hydrogen) atoms. The van der Waals surface area contributed by atoms with E-state index in [0.717, 1.165) is 32.6 Å². The Balaban J connectivity index is 1.23. The summed E-state index contributed by atoms with van der Waals surface area (Å²) in [7, 11) is 0. The monoisotopic (exact) mass is 547 g/mol. The first kappa shape index (κ1) is 26.4. The minimum atomic E-state index is -4.56. The highest BCUT2D eigenvalue weighted by Gasteiger charge is 2.33. The number of thioether (sulfide) groups is 1. The number of carbonyl (C=O) groups is 2. The smallest absolute Gasteiger partial charge is 0.350 e. The molecule has 0 aliphatic carbocycles. The summed E-state index contributed by atoms with van der Waals surface area (Å²) in [5, 5.41) is 8.32. The van der Waals surface area contributed by atoms with Crippen molar-refractivity contribution < 1.29 is 22.8 Å². The lowest BCUT2D eigenvalue weighted by atomic mass is 10.1. The third-order valence-electron chi connectivity index (χ3n) is 6.27. The van der Waals surface area contributed by atoms with E-state index in [0.29, 0.717) is 18.7 Å². The second-order valence-corrected chi connectivity index (χ2v) is 9.92. The maximum absolute atomic E-state index is 13.3. The van der Waals surface area contributed by atoms with Crippen molar-refractivity contribution in [1.29, 1.82) is 0 Å². The van der Waals surface area contributed by atoms with Crippen LogP contribution in [0.25, 0.3) is 21.7 Å². The highest BCUT2D eigenvalue weighted by molar-refractivity contribution is 8.00. The number of amides is 2. The lowest BCUT2D eigenvalue weighted by Gasteiger charge is -2.13. The van der Waals surface area contributed by atoms with Gasteiger partial charge in [0.15, 0.2) is 0 Å². The first-order valence-electron chi connectivity index (χ1n) is 12.2. The zero-order valence-corrected chi connectivity index (χ0v) is 21.5. The highest BCUT2D eigenvalue weighted by atomic mass is 32.2. The molecule has 198 valence electrons. The van der Waals surface area contributed by atoms with Crippen LogP contribution in [-0.2, 0) is 17.5 Å². The molecule has 0 unspecified atom stereocenters. The van der Waals surface area contributed by atoms with Crippen LogP contribution in [0, 0.1) is 0 Å². The van der Waals surface area contributed by atoms with E-state index in [9.17, 15) is 22.8 Å². The molecule has 0 radical (unpaired) electrons. The van der Waals surface area contributed by atoms with Crippen LogP contribution < -0.4 is 10.6 Å². The molecule has 5 nitrogen and oxygen atoms in total. The normalized spacial score (nSPS) is 11.6. The van der Waals surface area contributed by atoms with E-state index in [2.05, 4.69) is 10.6 Å². The lowest BCUT2D eigenvalue weighted by Crippen LogP contribution is -2.27. The molecular weight excluding hydrogens is 523 g/mol. The summed E-state index contributed by atoms with van der Waals surface area (Å²) in [5.74, 6) is -0.752. The number of nitrogens with one attached hydrogen (secondary N) is 2. The molecule has 2 N–H and O–H groups in total. The third kappa shape index (κ3) is 6.09. The number of fused-ring (bicyclic) bond motifs is 2. The maximum atomic E-state index is 13.3. The number of para-hydroxylation sites is 2. The summed E-state index contributed by atoms with van der Waals surface area (Å²) in [6, 6.07) is 26.0. The van der Waals surface area contributed by atoms with Gasteiger partial charge in [0, 0.05) is 40.6 Å². The Bertz CT molecular complexity index is 1660. The van der Waals surface area contributed by atoms with Gasteiger partial charge in [-0.05, 0) is 41.1 Å². The van der Waals surface area contributed by atoms with Gasteiger partial charge >= 0.3 is 6.18 Å². The quantitative estimate of drug-likeness (QED) is 0.206. The molecule has 0 atom stereocenters. The van der Waals surface area contributed by atoms with Gasteiger partial charge in [0.2, 0.25) is 5.91 Å². The van der Waals surface area contributed by atoms with Gasteiger partial charge in [-0.25, -0.2) is 0 Å². The van der Waals surface area contributed by atoms with E-state index < -0.39 is 17.6 Å². The fraction of sp³-hybridized carbons (Fsp3) is 0.133. The summed E-state index contributed by atoms with van der Waals surface area (Å²) in [6.45, 7) is 0.898. The van der Waals surface area contributed by atoms with Crippen LogP contribution in [0.1, 0.15) is 15.9 Å². The Morgan fingerprint density at radius 1 is 0.846 bits per heavy atom. The van der Waals surface area contributed by atoms with Crippen LogP contribution in [0.15, 0.2) is 102 Å². The van der Waals surface area contributed by atoms with E-state index >= 15 is 0 Å². The second kappa shape index (κ2) is 11.2. The number of nitrogens with zero attached hydrogens (tertiary/aromatic N) is 1. The number of anilines is 1. The summed E-state index contributed by atoms with van der Waals surface area (Å²) in [6.07, 6.45) is -2.66. The molecular formula is C30H24F3N3O2S. The van der Waals surface area contributed by atoms with Crippen molar-refractivity contribution in [2.75, 3.05) is 17.6 Å². The van der Waals surface area contributed by atoms with Crippen LogP contribution in [0.4, 0.5) is 18.9 Å². The summed E-state index contributed by atoms with van der Waals surface area (Å²) in [5.41, 5.74) is 0.370. The summed E-state index contributed by atoms with van der Waals surface area (Å²) >= 11 is 1.25. The molecule has 2 amide bonds. The van der Waals surface area contributed by atoms with Crippen molar-refractivity contribution in [3.05, 3.63) is 108 Å². The van der Waals surface area contributed by atoms with Gasteiger partial charge < -0.3 is 15.2 Å². The van der Waals surface area contributed by atoms with Crippen LogP contribution in [0.2, 0.25) is 0 Å². The van der Waals surface area contributed by atoms with Crippen molar-refractivity contribution in [2.45, 2.75) is 17.6 Å². The average Bonchev–Trinajstić information content (AvgIpc) is 3.29. The number of carbonyl (C=O) groups excluding carboxylic acids is 2. The predicted octanol–water partition coefficient (Wildman–Crippen LogP) is 6.97. The van der Waals surface area contributed by atoms with Gasteiger partial charge in [0.05, 0.1) is 17.0 Å². The fourth-order valence-corrected chi connectivity index (χ4v) is 5.29. The first-order valence-corrected chi connectivity index (χ1v) is 13.2. The first-order chi connectivity index (χ1) is 18.8. The Kier molecular flexibility index (Phi) is 7.60. The Morgan fingerprint density at radius 3 is 2.38 bits per heavy atom. The van der Waals surface area contributed by atoms with E-state index in [1.165, 1.54) is 30.0 Å². The third-order valence-corrected chi connectivity index (χ3v) is 7.31. The molecule has 0 saturated carbocycles. The zero-order chi connectivity index (χ0) is 27.4. The van der Waals surface area contributed by atoms with Crippen LogP contribution in [0.5, 0.6) is 0 Å². The molecule has 9 heteroatoms. The number of aromatic nitrogens is 1. The number of rotatable bonds is 8. The highest BCUT2D eigenvalue weighted by Crippen LogP contribution is 2.35. The van der Waals surface area contributed by atoms with E-state index in [1.54, 1.807) is 6.07 Å². The zero-order valence-electron chi connectivity index (χ0n) is 20.7. The number of halogens is 3. The topological polar surface area (TPSA) is 63.1 Å². The van der Waals surface area contributed by atoms with Crippen molar-refractivity contribution in [3.8, 4) is 0 Å². The number of alkyl halides is 3. The Morgan fingerprint density at radius 2 is 1.56 bits per heavy atom. The molecule has 0 spiro atoms. The number of benzene rings is 4. The Hall–Kier alpha value is -4.24. The molecule has 1 aromatic heterocycles. The standard InChI is InChI=1S/C30H24F3N3O2S/c31-30(32,33)24-10-4-5-11-25(24)35-28(37)19-39-27-18-36(26-12-6-3-9-23(26)27)16-15-34-29(38)22-14-13-20-7-1-2-8-21(20)17-22/h1-14,17-18H,15-16,19H2,(H,34,38)(H,35,37). The largest absolute Gasteiger partial charge is 0.418 e. The Labute approximate surface area is 227 Å². The SMILES string of the molecule is O=C(CSc1cn(CCNC(=O)c2ccc3ccccc3c2)c2ccccc12)Nc1ccccc1C(F)(F)F. The van der Waals surface area contributed by atoms with E-state index in [4.69, 9.17) is 0 Å². The second-order valence-electron chi connectivity index (χ2n) is 8.90. The summed E-state index contributed by atoms with van der Waals surface area (Å²) < 4.78 is 41.8. The van der Waals surface area contributed by atoms with Crippen molar-refractivity contribution in [2.24, 2.45) is 0 Å². The average molecular weight is 548 g/mol. The molecule has 0 aliphatic rings. The van der Waals surface area contributed by atoms with E-state index in [1.807, 2.05) is 71.4 Å². The predicted molar refractivity (Wildman–Crippen MR) is 149 cm³/mol. The van der Waals surface area contributed by atoms with Crippen LogP contribution >= 0.6 is 11.8 Å². The molecule has 4 aromatic carbocycles. The van der Waals surface area contributed by atoms with Crippen molar-refractivity contribution >= 4 is 50.9 Å². The molecule has 1 heterocycles. The maximum Gasteiger partial charge on any atom is 0.418 e. The number of hydrogen-bond donors (Lipinski definition) is 2. The molecule has 0 aliphatic heterocycles. The molecule has 5 rings (SSSR count). The van der Waals surface area contributed by atoms with Gasteiger partial charge in [-0.2, -0.15) is 13.2 Å². The van der Waals surface area contributed by atoms with Gasteiger partial charge in [-0.1, -0.05) is 60.7 Å². The van der Waals surface area contributed by atoms with Crippen LogP contribution in [-0.4, -0.2) is 28.7 Å². The van der Waals surface area contributed by atoms with Crippen molar-refractivity contribution in [1.82, 2.24) is 9.88 Å². The summed E-state index contributed by atoms with van der Waals surface area (Å²) in [4.78, 5) is 26.1. The minimum Gasteiger partial charge on any atom is -0.350 e. The molecule has 0 bridgehead atoms.